The number of aromatic nitrogens is 2. The van der Waals surface area contributed by atoms with E-state index in [1.54, 1.807) is 11.9 Å². The highest BCUT2D eigenvalue weighted by Crippen LogP contribution is 2.53. The molecule has 0 radical (unpaired) electrons. The van der Waals surface area contributed by atoms with Crippen LogP contribution in [0.25, 0.3) is 11.1 Å². The number of thioether (sulfide) groups is 1. The predicted octanol–water partition coefficient (Wildman–Crippen LogP) is 7.23. The standard InChI is InChI=1S/C41H55N5O7S/c1-23-17-33(54-10)32(38(48)44-23)20-43-37(47)30-18-31(27-11-16-34(42-19-27)46-21-24(2)50-25(3)22-46)36-35(26(30)4)51-41(8,52-36)28-12-14-29(15-13-28)45(9)39(49)53-40(5,6)7/h11,16-19,24-25,28-29H,12-15,20-22H2,1-10H3,(H,43,47)(H,44,48)/t24-,25+,28-,29-,41?. The van der Waals surface area contributed by atoms with E-state index in [1.165, 1.54) is 11.8 Å². The molecule has 12 nitrogen and oxygen atoms in total. The van der Waals surface area contributed by atoms with Gasteiger partial charge in [-0.3, -0.25) is 9.59 Å². The van der Waals surface area contributed by atoms with E-state index in [-0.39, 0.29) is 48.3 Å². The second kappa shape index (κ2) is 15.5. The Balaban J connectivity index is 1.29. The zero-order valence-electron chi connectivity index (χ0n) is 33.3. The summed E-state index contributed by atoms with van der Waals surface area (Å²) in [6, 6.07) is 7.81. The Kier molecular flexibility index (Phi) is 11.3. The van der Waals surface area contributed by atoms with Crippen LogP contribution in [0.4, 0.5) is 10.6 Å². The molecule has 1 aliphatic carbocycles. The number of hydrogen-bond donors (Lipinski definition) is 2. The number of hydrogen-bond acceptors (Lipinski definition) is 10. The van der Waals surface area contributed by atoms with Crippen molar-refractivity contribution in [3.05, 3.63) is 63.2 Å². The minimum atomic E-state index is -0.998. The number of ether oxygens (including phenoxy) is 4. The zero-order chi connectivity index (χ0) is 39.1. The van der Waals surface area contributed by atoms with Crippen LogP contribution in [0.15, 0.2) is 40.2 Å². The number of morpholine rings is 1. The number of H-pyrrole nitrogens is 1. The van der Waals surface area contributed by atoms with E-state index in [9.17, 15) is 14.4 Å². The molecule has 1 aromatic carbocycles. The van der Waals surface area contributed by atoms with Gasteiger partial charge in [-0.2, -0.15) is 0 Å². The van der Waals surface area contributed by atoms with Crippen molar-refractivity contribution in [2.75, 3.05) is 31.3 Å². The molecule has 2 aliphatic heterocycles. The van der Waals surface area contributed by atoms with E-state index in [0.29, 0.717) is 33.8 Å². The third-order valence-corrected chi connectivity index (χ3v) is 11.5. The largest absolute Gasteiger partial charge is 0.448 e. The second-order valence-electron chi connectivity index (χ2n) is 16.2. The van der Waals surface area contributed by atoms with Gasteiger partial charge in [0.05, 0.1) is 12.2 Å². The highest BCUT2D eigenvalue weighted by atomic mass is 32.2. The molecule has 0 spiro atoms. The van der Waals surface area contributed by atoms with E-state index in [2.05, 4.69) is 29.0 Å². The van der Waals surface area contributed by atoms with Gasteiger partial charge in [0.25, 0.3) is 17.3 Å². The van der Waals surface area contributed by atoms with Gasteiger partial charge in [-0.15, -0.1) is 11.8 Å². The maximum Gasteiger partial charge on any atom is 0.410 e. The van der Waals surface area contributed by atoms with Crippen molar-refractivity contribution in [3.63, 3.8) is 0 Å². The molecule has 1 unspecified atom stereocenters. The molecule has 13 heteroatoms. The lowest BCUT2D eigenvalue weighted by Crippen LogP contribution is -2.48. The van der Waals surface area contributed by atoms with Gasteiger partial charge in [0.2, 0.25) is 0 Å². The Labute approximate surface area is 322 Å². The van der Waals surface area contributed by atoms with Crippen molar-refractivity contribution in [3.8, 4) is 22.6 Å². The Morgan fingerprint density at radius 3 is 2.35 bits per heavy atom. The molecule has 3 aliphatic rings. The van der Waals surface area contributed by atoms with Crippen LogP contribution < -0.4 is 25.2 Å². The number of aromatic amines is 1. The number of amides is 2. The molecule has 2 fully saturated rings. The van der Waals surface area contributed by atoms with Gasteiger partial charge in [-0.25, -0.2) is 9.78 Å². The number of anilines is 1. The van der Waals surface area contributed by atoms with Crippen molar-refractivity contribution >= 4 is 29.6 Å². The van der Waals surface area contributed by atoms with Gasteiger partial charge in [-0.05, 0) is 105 Å². The number of benzene rings is 1. The first-order valence-corrected chi connectivity index (χ1v) is 20.1. The van der Waals surface area contributed by atoms with Crippen LogP contribution >= 0.6 is 11.8 Å². The number of aryl methyl sites for hydroxylation is 1. The van der Waals surface area contributed by atoms with Crippen molar-refractivity contribution in [1.29, 1.82) is 0 Å². The SMILES string of the molecule is CSc1cc(C)[nH]c(=O)c1CNC(=O)c1cc(-c2ccc(N3C[C@@H](C)O[C@@H](C)C3)nc2)c2c(c1C)OC(C)([C@H]1CC[C@H](N(C)C(=O)OC(C)(C)C)CC1)O2. The highest BCUT2D eigenvalue weighted by molar-refractivity contribution is 7.98. The molecule has 54 heavy (non-hydrogen) atoms. The fraction of sp³-hybridized carbons (Fsp3) is 0.561. The normalized spacial score (nSPS) is 23.9. The summed E-state index contributed by atoms with van der Waals surface area (Å²) in [5, 5.41) is 3.00. The van der Waals surface area contributed by atoms with Crippen LogP contribution in [0, 0.1) is 19.8 Å². The summed E-state index contributed by atoms with van der Waals surface area (Å²) in [6.07, 6.45) is 6.70. The van der Waals surface area contributed by atoms with Gasteiger partial charge >= 0.3 is 6.09 Å². The van der Waals surface area contributed by atoms with E-state index in [4.69, 9.17) is 23.9 Å². The molecular weight excluding hydrogens is 707 g/mol. The molecule has 2 aromatic heterocycles. The van der Waals surface area contributed by atoms with Crippen molar-refractivity contribution in [2.45, 2.75) is 122 Å². The van der Waals surface area contributed by atoms with Crippen molar-refractivity contribution in [2.24, 2.45) is 5.92 Å². The molecule has 3 aromatic rings. The lowest BCUT2D eigenvalue weighted by atomic mass is 9.81. The summed E-state index contributed by atoms with van der Waals surface area (Å²) in [5.74, 6) is 0.649. The maximum atomic E-state index is 14.0. The molecule has 1 saturated carbocycles. The number of carbonyl (C=O) groups excluding carboxylic acids is 2. The first kappa shape index (κ1) is 39.5. The maximum absolute atomic E-state index is 14.0. The van der Waals surface area contributed by atoms with E-state index < -0.39 is 11.4 Å². The minimum absolute atomic E-state index is 0.0294. The van der Waals surface area contributed by atoms with Crippen LogP contribution in [-0.4, -0.2) is 82.9 Å². The Hall–Kier alpha value is -4.23. The third-order valence-electron chi connectivity index (χ3n) is 10.7. The van der Waals surface area contributed by atoms with E-state index >= 15 is 0 Å². The molecule has 4 heterocycles. The molecule has 1 saturated heterocycles. The number of rotatable bonds is 8. The van der Waals surface area contributed by atoms with Gasteiger partial charge in [0.1, 0.15) is 11.4 Å². The molecular formula is C41H55N5O7S. The average Bonchev–Trinajstić information content (AvgIpc) is 3.48. The minimum Gasteiger partial charge on any atom is -0.448 e. The third kappa shape index (κ3) is 8.36. The number of nitrogens with zero attached hydrogens (tertiary/aromatic N) is 3. The fourth-order valence-electron chi connectivity index (χ4n) is 7.87. The second-order valence-corrected chi connectivity index (χ2v) is 17.0. The molecule has 0 bridgehead atoms. The van der Waals surface area contributed by atoms with Gasteiger partial charge in [-0.1, -0.05) is 0 Å². The Morgan fingerprint density at radius 2 is 1.74 bits per heavy atom. The lowest BCUT2D eigenvalue weighted by molar-refractivity contribution is -0.123. The van der Waals surface area contributed by atoms with Gasteiger partial charge < -0.3 is 39.0 Å². The first-order chi connectivity index (χ1) is 25.5. The summed E-state index contributed by atoms with van der Waals surface area (Å²) >= 11 is 1.47. The Bertz CT molecular complexity index is 1930. The summed E-state index contributed by atoms with van der Waals surface area (Å²) in [7, 11) is 1.80. The average molecular weight is 762 g/mol. The molecule has 6 rings (SSSR count). The molecule has 2 amide bonds. The fourth-order valence-corrected chi connectivity index (χ4v) is 8.57. The lowest BCUT2D eigenvalue weighted by Gasteiger charge is -2.40. The topological polar surface area (TPSA) is 135 Å². The van der Waals surface area contributed by atoms with E-state index in [0.717, 1.165) is 60.7 Å². The number of fused-ring (bicyclic) bond motifs is 1. The van der Waals surface area contributed by atoms with Crippen molar-refractivity contribution < 1.29 is 28.5 Å². The van der Waals surface area contributed by atoms with Gasteiger partial charge in [0, 0.05) is 90.2 Å². The summed E-state index contributed by atoms with van der Waals surface area (Å²) < 4.78 is 25.2. The Morgan fingerprint density at radius 1 is 1.07 bits per heavy atom. The smallest absolute Gasteiger partial charge is 0.410 e. The van der Waals surface area contributed by atoms with Crippen LogP contribution in [0.5, 0.6) is 11.5 Å². The highest BCUT2D eigenvalue weighted by Gasteiger charge is 2.48. The summed E-state index contributed by atoms with van der Waals surface area (Å²) in [5.41, 5.74) is 3.04. The molecule has 2 N–H and O–H groups in total. The van der Waals surface area contributed by atoms with Gasteiger partial charge in [0.15, 0.2) is 11.5 Å². The molecule has 3 atom stereocenters. The number of nitrogens with one attached hydrogen (secondary N) is 2. The van der Waals surface area contributed by atoms with Crippen molar-refractivity contribution in [1.82, 2.24) is 20.2 Å². The van der Waals surface area contributed by atoms with Crippen LogP contribution in [0.2, 0.25) is 0 Å². The zero-order valence-corrected chi connectivity index (χ0v) is 34.1. The van der Waals surface area contributed by atoms with E-state index in [1.807, 2.05) is 78.3 Å². The predicted molar refractivity (Wildman–Crippen MR) is 211 cm³/mol. The number of pyridine rings is 2. The number of carbonyl (C=O) groups is 2. The quantitative estimate of drug-likeness (QED) is 0.227. The van der Waals surface area contributed by atoms with Crippen LogP contribution in [-0.2, 0) is 16.0 Å². The summed E-state index contributed by atoms with van der Waals surface area (Å²) in [6.45, 7) is 17.0. The van der Waals surface area contributed by atoms with Crippen LogP contribution in [0.3, 0.4) is 0 Å². The molecule has 292 valence electrons. The summed E-state index contributed by atoms with van der Waals surface area (Å²) in [4.78, 5) is 52.2. The first-order valence-electron chi connectivity index (χ1n) is 18.9. The van der Waals surface area contributed by atoms with Crippen LogP contribution in [0.1, 0.15) is 94.4 Å². The monoisotopic (exact) mass is 761 g/mol.